The smallest absolute Gasteiger partial charge is 0.264 e. The second kappa shape index (κ2) is 6.24. The number of hydrogen-bond donors (Lipinski definition) is 1. The standard InChI is InChI=1S/C14H16ClN3O2/c15-10-4-6-11(7-5-10)19-9-13-17-14(18-20-13)12-3-1-2-8-16-12/h4-7,12,16H,1-3,8-9H2. The Morgan fingerprint density at radius 2 is 2.15 bits per heavy atom. The van der Waals surface area contributed by atoms with E-state index in [9.17, 15) is 0 Å². The Kier molecular flexibility index (Phi) is 4.18. The van der Waals surface area contributed by atoms with Gasteiger partial charge in [0.05, 0.1) is 6.04 Å². The van der Waals surface area contributed by atoms with Crippen molar-refractivity contribution in [2.75, 3.05) is 6.54 Å². The van der Waals surface area contributed by atoms with E-state index in [1.54, 1.807) is 12.1 Å². The maximum absolute atomic E-state index is 5.81. The molecule has 2 heterocycles. The fourth-order valence-electron chi connectivity index (χ4n) is 2.22. The van der Waals surface area contributed by atoms with Gasteiger partial charge in [-0.25, -0.2) is 0 Å². The van der Waals surface area contributed by atoms with Gasteiger partial charge < -0.3 is 14.6 Å². The molecule has 1 fully saturated rings. The van der Waals surface area contributed by atoms with Crippen LogP contribution in [0.5, 0.6) is 5.75 Å². The van der Waals surface area contributed by atoms with Crippen LogP contribution in [0.25, 0.3) is 0 Å². The number of nitrogens with zero attached hydrogens (tertiary/aromatic N) is 2. The third kappa shape index (κ3) is 3.29. The average Bonchev–Trinajstić information content (AvgIpc) is 2.97. The molecule has 1 aromatic carbocycles. The Hall–Kier alpha value is -1.59. The highest BCUT2D eigenvalue weighted by Crippen LogP contribution is 2.21. The van der Waals surface area contributed by atoms with Gasteiger partial charge in [0.2, 0.25) is 0 Å². The summed E-state index contributed by atoms with van der Waals surface area (Å²) in [5.41, 5.74) is 0. The van der Waals surface area contributed by atoms with Crippen molar-refractivity contribution in [3.63, 3.8) is 0 Å². The Labute approximate surface area is 122 Å². The summed E-state index contributed by atoms with van der Waals surface area (Å²) in [5, 5.41) is 8.09. The number of benzene rings is 1. The van der Waals surface area contributed by atoms with Crippen molar-refractivity contribution in [1.29, 1.82) is 0 Å². The van der Waals surface area contributed by atoms with Gasteiger partial charge in [-0.2, -0.15) is 4.98 Å². The molecule has 0 saturated carbocycles. The zero-order chi connectivity index (χ0) is 13.8. The summed E-state index contributed by atoms with van der Waals surface area (Å²) >= 11 is 5.81. The summed E-state index contributed by atoms with van der Waals surface area (Å²) in [7, 11) is 0. The molecule has 1 saturated heterocycles. The SMILES string of the molecule is Clc1ccc(OCc2nc(C3CCCCN3)no2)cc1. The maximum atomic E-state index is 5.81. The van der Waals surface area contributed by atoms with Crippen LogP contribution >= 0.6 is 11.6 Å². The van der Waals surface area contributed by atoms with Crippen LogP contribution < -0.4 is 10.1 Å². The number of halogens is 1. The lowest BCUT2D eigenvalue weighted by Gasteiger charge is -2.19. The van der Waals surface area contributed by atoms with E-state index in [1.165, 1.54) is 12.8 Å². The quantitative estimate of drug-likeness (QED) is 0.938. The highest BCUT2D eigenvalue weighted by atomic mass is 35.5. The van der Waals surface area contributed by atoms with Gasteiger partial charge in [-0.15, -0.1) is 0 Å². The van der Waals surface area contributed by atoms with Crippen molar-refractivity contribution in [1.82, 2.24) is 15.5 Å². The van der Waals surface area contributed by atoms with Gasteiger partial charge in [-0.3, -0.25) is 0 Å². The number of rotatable bonds is 4. The predicted octanol–water partition coefficient (Wildman–Crippen LogP) is 3.12. The molecule has 2 aromatic rings. The molecule has 3 rings (SSSR count). The number of hydrogen-bond acceptors (Lipinski definition) is 5. The van der Waals surface area contributed by atoms with Gasteiger partial charge in [0.1, 0.15) is 5.75 Å². The molecule has 1 aromatic heterocycles. The number of ether oxygens (including phenoxy) is 1. The normalized spacial score (nSPS) is 18.9. The van der Waals surface area contributed by atoms with Crippen LogP contribution in [0.3, 0.4) is 0 Å². The largest absolute Gasteiger partial charge is 0.484 e. The monoisotopic (exact) mass is 293 g/mol. The third-order valence-corrected chi connectivity index (χ3v) is 3.53. The van der Waals surface area contributed by atoms with Crippen LogP contribution in [0, 0.1) is 0 Å². The fourth-order valence-corrected chi connectivity index (χ4v) is 2.34. The van der Waals surface area contributed by atoms with E-state index in [2.05, 4.69) is 15.5 Å². The maximum Gasteiger partial charge on any atom is 0.264 e. The Balaban J connectivity index is 1.58. The molecule has 20 heavy (non-hydrogen) atoms. The van der Waals surface area contributed by atoms with Crippen molar-refractivity contribution < 1.29 is 9.26 Å². The lowest BCUT2D eigenvalue weighted by atomic mass is 10.0. The summed E-state index contributed by atoms with van der Waals surface area (Å²) in [6, 6.07) is 7.38. The van der Waals surface area contributed by atoms with Crippen LogP contribution in [-0.4, -0.2) is 16.7 Å². The molecule has 1 unspecified atom stereocenters. The Morgan fingerprint density at radius 3 is 2.90 bits per heavy atom. The molecule has 5 nitrogen and oxygen atoms in total. The lowest BCUT2D eigenvalue weighted by Crippen LogP contribution is -2.27. The van der Waals surface area contributed by atoms with Gasteiger partial charge in [-0.1, -0.05) is 23.2 Å². The molecule has 0 aliphatic carbocycles. The molecular weight excluding hydrogens is 278 g/mol. The molecule has 106 valence electrons. The first-order chi connectivity index (χ1) is 9.81. The van der Waals surface area contributed by atoms with Crippen molar-refractivity contribution >= 4 is 11.6 Å². The summed E-state index contributed by atoms with van der Waals surface area (Å²) in [5.74, 6) is 1.94. The van der Waals surface area contributed by atoms with E-state index < -0.39 is 0 Å². The minimum absolute atomic E-state index is 0.205. The lowest BCUT2D eigenvalue weighted by molar-refractivity contribution is 0.241. The molecule has 0 radical (unpaired) electrons. The summed E-state index contributed by atoms with van der Waals surface area (Å²) in [4.78, 5) is 4.38. The molecule has 1 aliphatic heterocycles. The van der Waals surface area contributed by atoms with Crippen LogP contribution in [0.4, 0.5) is 0 Å². The minimum atomic E-state index is 0.205. The van der Waals surface area contributed by atoms with Crippen LogP contribution in [0.2, 0.25) is 5.02 Å². The van der Waals surface area contributed by atoms with Crippen molar-refractivity contribution in [3.8, 4) is 5.75 Å². The first-order valence-electron chi connectivity index (χ1n) is 6.75. The van der Waals surface area contributed by atoms with Gasteiger partial charge in [0.15, 0.2) is 12.4 Å². The highest BCUT2D eigenvalue weighted by Gasteiger charge is 2.20. The van der Waals surface area contributed by atoms with Crippen molar-refractivity contribution in [2.24, 2.45) is 0 Å². The van der Waals surface area contributed by atoms with E-state index >= 15 is 0 Å². The van der Waals surface area contributed by atoms with Crippen LogP contribution in [0.15, 0.2) is 28.8 Å². The molecular formula is C14H16ClN3O2. The van der Waals surface area contributed by atoms with Gasteiger partial charge in [0, 0.05) is 5.02 Å². The molecule has 1 aliphatic rings. The second-order valence-corrected chi connectivity index (χ2v) is 5.23. The zero-order valence-corrected chi connectivity index (χ0v) is 11.8. The minimum Gasteiger partial charge on any atom is -0.484 e. The molecule has 0 bridgehead atoms. The first-order valence-corrected chi connectivity index (χ1v) is 7.13. The van der Waals surface area contributed by atoms with E-state index in [0.29, 0.717) is 10.9 Å². The van der Waals surface area contributed by atoms with Crippen molar-refractivity contribution in [2.45, 2.75) is 31.9 Å². The van der Waals surface area contributed by atoms with Crippen molar-refractivity contribution in [3.05, 3.63) is 41.0 Å². The van der Waals surface area contributed by atoms with E-state index in [0.717, 1.165) is 24.5 Å². The number of piperidine rings is 1. The molecule has 6 heteroatoms. The van der Waals surface area contributed by atoms with Crippen LogP contribution in [0.1, 0.15) is 37.0 Å². The van der Waals surface area contributed by atoms with E-state index in [-0.39, 0.29) is 12.6 Å². The third-order valence-electron chi connectivity index (χ3n) is 3.28. The van der Waals surface area contributed by atoms with E-state index in [4.69, 9.17) is 20.9 Å². The van der Waals surface area contributed by atoms with Gasteiger partial charge >= 0.3 is 0 Å². The predicted molar refractivity (Wildman–Crippen MR) is 74.7 cm³/mol. The van der Waals surface area contributed by atoms with E-state index in [1.807, 2.05) is 12.1 Å². The summed E-state index contributed by atoms with van der Waals surface area (Å²) in [6.45, 7) is 1.27. The van der Waals surface area contributed by atoms with Gasteiger partial charge in [0.25, 0.3) is 5.89 Å². The number of nitrogens with one attached hydrogen (secondary N) is 1. The Morgan fingerprint density at radius 1 is 1.30 bits per heavy atom. The van der Waals surface area contributed by atoms with Crippen LogP contribution in [-0.2, 0) is 6.61 Å². The zero-order valence-electron chi connectivity index (χ0n) is 11.0. The highest BCUT2D eigenvalue weighted by molar-refractivity contribution is 6.30. The second-order valence-electron chi connectivity index (χ2n) is 4.79. The first kappa shape index (κ1) is 13.4. The molecule has 0 spiro atoms. The summed E-state index contributed by atoms with van der Waals surface area (Å²) in [6.07, 6.45) is 3.46. The average molecular weight is 294 g/mol. The topological polar surface area (TPSA) is 60.2 Å². The molecule has 1 atom stereocenters. The number of aromatic nitrogens is 2. The molecule has 0 amide bonds. The summed E-state index contributed by atoms with van der Waals surface area (Å²) < 4.78 is 10.8. The molecule has 1 N–H and O–H groups in total. The fraction of sp³-hybridized carbons (Fsp3) is 0.429. The Bertz CT molecular complexity index is 550. The van der Waals surface area contributed by atoms with Gasteiger partial charge in [-0.05, 0) is 43.7 Å².